The van der Waals surface area contributed by atoms with Crippen molar-refractivity contribution in [1.82, 2.24) is 4.90 Å². The van der Waals surface area contributed by atoms with Gasteiger partial charge in [-0.25, -0.2) is 0 Å². The zero-order chi connectivity index (χ0) is 13.6. The molecule has 1 unspecified atom stereocenters. The van der Waals surface area contributed by atoms with Gasteiger partial charge in [0.15, 0.2) is 0 Å². The van der Waals surface area contributed by atoms with Gasteiger partial charge >= 0.3 is 0 Å². The second kappa shape index (κ2) is 4.52. The fraction of sp³-hybridized carbons (Fsp3) is 0.647. The van der Waals surface area contributed by atoms with Crippen LogP contribution in [0.5, 0.6) is 0 Å². The summed E-state index contributed by atoms with van der Waals surface area (Å²) in [4.78, 5) is 2.67. The number of aryl methyl sites for hydroxylation is 1. The quantitative estimate of drug-likeness (QED) is 0.779. The lowest BCUT2D eigenvalue weighted by Gasteiger charge is -2.51. The molecule has 1 saturated heterocycles. The van der Waals surface area contributed by atoms with Crippen LogP contribution >= 0.6 is 0 Å². The van der Waals surface area contributed by atoms with E-state index in [9.17, 15) is 0 Å². The van der Waals surface area contributed by atoms with E-state index in [0.717, 1.165) is 11.6 Å². The Morgan fingerprint density at radius 1 is 1.21 bits per heavy atom. The summed E-state index contributed by atoms with van der Waals surface area (Å²) >= 11 is 0. The summed E-state index contributed by atoms with van der Waals surface area (Å²) in [5.41, 5.74) is 10.3. The minimum absolute atomic E-state index is 0.453. The van der Waals surface area contributed by atoms with E-state index in [0.29, 0.717) is 11.5 Å². The van der Waals surface area contributed by atoms with Crippen LogP contribution in [0.15, 0.2) is 18.2 Å². The van der Waals surface area contributed by atoms with Gasteiger partial charge < -0.3 is 5.73 Å². The Bertz CT molecular complexity index is 467. The van der Waals surface area contributed by atoms with E-state index in [1.54, 1.807) is 0 Å². The van der Waals surface area contributed by atoms with Gasteiger partial charge in [-0.15, -0.1) is 0 Å². The van der Waals surface area contributed by atoms with Gasteiger partial charge in [-0.1, -0.05) is 26.8 Å². The summed E-state index contributed by atoms with van der Waals surface area (Å²) in [6.07, 6.45) is 3.82. The van der Waals surface area contributed by atoms with Gasteiger partial charge in [-0.2, -0.15) is 0 Å². The molecule has 1 aromatic carbocycles. The molecule has 1 heterocycles. The molecule has 1 aliphatic carbocycles. The summed E-state index contributed by atoms with van der Waals surface area (Å²) in [5.74, 6) is 0.853. The first-order valence-electron chi connectivity index (χ1n) is 7.57. The molecule has 1 fully saturated rings. The van der Waals surface area contributed by atoms with Crippen molar-refractivity contribution in [2.75, 3.05) is 18.8 Å². The van der Waals surface area contributed by atoms with E-state index in [1.807, 2.05) is 0 Å². The highest BCUT2D eigenvalue weighted by molar-refractivity contribution is 5.46. The third-order valence-corrected chi connectivity index (χ3v) is 5.03. The lowest BCUT2D eigenvalue weighted by atomic mass is 9.74. The van der Waals surface area contributed by atoms with Crippen LogP contribution in [0.2, 0.25) is 0 Å². The maximum absolute atomic E-state index is 5.92. The molecule has 2 nitrogen and oxygen atoms in total. The molecular weight excluding hydrogens is 232 g/mol. The topological polar surface area (TPSA) is 29.3 Å². The number of nitrogens with two attached hydrogens (primary N) is 1. The molecule has 104 valence electrons. The van der Waals surface area contributed by atoms with Crippen molar-refractivity contribution >= 4 is 5.69 Å². The zero-order valence-corrected chi connectivity index (χ0v) is 12.4. The fourth-order valence-electron chi connectivity index (χ4n) is 3.50. The van der Waals surface area contributed by atoms with Gasteiger partial charge in [0.2, 0.25) is 0 Å². The van der Waals surface area contributed by atoms with Crippen LogP contribution in [0.3, 0.4) is 0 Å². The minimum atomic E-state index is 0.453. The second-order valence-electron chi connectivity index (χ2n) is 7.38. The minimum Gasteiger partial charge on any atom is -0.399 e. The first kappa shape index (κ1) is 13.0. The number of rotatable bonds is 1. The summed E-state index contributed by atoms with van der Waals surface area (Å²) in [5, 5.41) is 0. The number of hydrogen-bond acceptors (Lipinski definition) is 2. The van der Waals surface area contributed by atoms with Crippen molar-refractivity contribution in [3.05, 3.63) is 29.3 Å². The van der Waals surface area contributed by atoms with Crippen LogP contribution in [-0.2, 0) is 6.42 Å². The molecule has 0 amide bonds. The molecule has 0 saturated carbocycles. The van der Waals surface area contributed by atoms with Crippen molar-refractivity contribution in [2.24, 2.45) is 11.3 Å². The predicted octanol–water partition coefficient (Wildman–Crippen LogP) is 3.62. The molecule has 2 N–H and O–H groups in total. The van der Waals surface area contributed by atoms with Crippen LogP contribution in [-0.4, -0.2) is 18.0 Å². The Balaban J connectivity index is 1.75. The molecule has 19 heavy (non-hydrogen) atoms. The summed E-state index contributed by atoms with van der Waals surface area (Å²) in [6.45, 7) is 9.62. The molecule has 1 aromatic rings. The Kier molecular flexibility index (Phi) is 3.09. The standard InChI is InChI=1S/C17H26N2/c1-17(2,3)13-10-19(11-13)16-6-4-5-12-9-14(18)7-8-15(12)16/h7-9,13,16H,4-6,10-11,18H2,1-3H3. The number of benzene rings is 1. The van der Waals surface area contributed by atoms with Crippen molar-refractivity contribution in [3.8, 4) is 0 Å². The fourth-order valence-corrected chi connectivity index (χ4v) is 3.50. The third kappa shape index (κ3) is 2.38. The molecule has 2 heteroatoms. The van der Waals surface area contributed by atoms with Crippen molar-refractivity contribution in [1.29, 1.82) is 0 Å². The average Bonchev–Trinajstić information content (AvgIpc) is 2.24. The van der Waals surface area contributed by atoms with Crippen LogP contribution in [0, 0.1) is 11.3 Å². The Hall–Kier alpha value is -1.02. The summed E-state index contributed by atoms with van der Waals surface area (Å²) < 4.78 is 0. The molecule has 0 radical (unpaired) electrons. The number of nitrogen functional groups attached to an aromatic ring is 1. The van der Waals surface area contributed by atoms with Gasteiger partial charge in [-0.3, -0.25) is 4.90 Å². The highest BCUT2D eigenvalue weighted by Gasteiger charge is 2.40. The van der Waals surface area contributed by atoms with Crippen molar-refractivity contribution in [3.63, 3.8) is 0 Å². The first-order valence-corrected chi connectivity index (χ1v) is 7.57. The average molecular weight is 258 g/mol. The number of fused-ring (bicyclic) bond motifs is 1. The Morgan fingerprint density at radius 2 is 1.95 bits per heavy atom. The van der Waals surface area contributed by atoms with Gasteiger partial charge in [-0.05, 0) is 53.9 Å². The van der Waals surface area contributed by atoms with Gasteiger partial charge in [0.05, 0.1) is 0 Å². The van der Waals surface area contributed by atoms with Gasteiger partial charge in [0, 0.05) is 24.8 Å². The van der Waals surface area contributed by atoms with Gasteiger partial charge in [0.25, 0.3) is 0 Å². The maximum atomic E-state index is 5.92. The first-order chi connectivity index (χ1) is 8.95. The predicted molar refractivity (Wildman–Crippen MR) is 81.1 cm³/mol. The molecule has 0 spiro atoms. The van der Waals surface area contributed by atoms with E-state index < -0.39 is 0 Å². The highest BCUT2D eigenvalue weighted by atomic mass is 15.2. The van der Waals surface area contributed by atoms with E-state index in [2.05, 4.69) is 43.9 Å². The molecule has 0 aromatic heterocycles. The molecule has 3 rings (SSSR count). The number of anilines is 1. The highest BCUT2D eigenvalue weighted by Crippen LogP contribution is 2.42. The second-order valence-corrected chi connectivity index (χ2v) is 7.38. The summed E-state index contributed by atoms with van der Waals surface area (Å²) in [6, 6.07) is 7.16. The normalized spacial score (nSPS) is 24.9. The molecule has 2 aliphatic rings. The molecular formula is C17H26N2. The number of hydrogen-bond donors (Lipinski definition) is 1. The van der Waals surface area contributed by atoms with Crippen LogP contribution < -0.4 is 5.73 Å². The molecule has 1 aliphatic heterocycles. The third-order valence-electron chi connectivity index (χ3n) is 5.03. The van der Waals surface area contributed by atoms with E-state index >= 15 is 0 Å². The Morgan fingerprint density at radius 3 is 2.63 bits per heavy atom. The van der Waals surface area contributed by atoms with E-state index in [1.165, 1.54) is 43.5 Å². The number of nitrogens with zero attached hydrogens (tertiary/aromatic N) is 1. The smallest absolute Gasteiger partial charge is 0.0351 e. The largest absolute Gasteiger partial charge is 0.399 e. The van der Waals surface area contributed by atoms with E-state index in [-0.39, 0.29) is 0 Å². The van der Waals surface area contributed by atoms with E-state index in [4.69, 9.17) is 5.73 Å². The van der Waals surface area contributed by atoms with Crippen molar-refractivity contribution < 1.29 is 0 Å². The SMILES string of the molecule is CC(C)(C)C1CN(C2CCCc3cc(N)ccc32)C1. The lowest BCUT2D eigenvalue weighted by molar-refractivity contribution is -0.0129. The van der Waals surface area contributed by atoms with Crippen LogP contribution in [0.1, 0.15) is 50.8 Å². The molecule has 1 atom stereocenters. The van der Waals surface area contributed by atoms with Crippen molar-refractivity contribution in [2.45, 2.75) is 46.1 Å². The zero-order valence-electron chi connectivity index (χ0n) is 12.4. The monoisotopic (exact) mass is 258 g/mol. The van der Waals surface area contributed by atoms with Gasteiger partial charge in [0.1, 0.15) is 0 Å². The molecule has 0 bridgehead atoms. The Labute approximate surface area is 117 Å². The number of likely N-dealkylation sites (tertiary alicyclic amines) is 1. The summed E-state index contributed by atoms with van der Waals surface area (Å²) in [7, 11) is 0. The van der Waals surface area contributed by atoms with Crippen LogP contribution in [0.25, 0.3) is 0 Å². The van der Waals surface area contributed by atoms with Crippen LogP contribution in [0.4, 0.5) is 5.69 Å². The maximum Gasteiger partial charge on any atom is 0.0351 e. The lowest BCUT2D eigenvalue weighted by Crippen LogP contribution is -2.53.